The van der Waals surface area contributed by atoms with Crippen molar-refractivity contribution in [1.29, 1.82) is 0 Å². The van der Waals surface area contributed by atoms with Crippen LogP contribution in [-0.2, 0) is 6.42 Å². The Balaban J connectivity index is 2.41. The van der Waals surface area contributed by atoms with Crippen LogP contribution in [0.15, 0.2) is 18.2 Å². The van der Waals surface area contributed by atoms with Gasteiger partial charge in [0.15, 0.2) is 0 Å². The van der Waals surface area contributed by atoms with Gasteiger partial charge in [-0.1, -0.05) is 13.0 Å². The monoisotopic (exact) mass is 179 g/mol. The van der Waals surface area contributed by atoms with Crippen LogP contribution in [0, 0.1) is 5.82 Å². The van der Waals surface area contributed by atoms with Crippen molar-refractivity contribution in [3.63, 3.8) is 0 Å². The van der Waals surface area contributed by atoms with Crippen LogP contribution in [0.3, 0.4) is 0 Å². The normalized spacial score (nSPS) is 21.2. The van der Waals surface area contributed by atoms with Gasteiger partial charge in [-0.2, -0.15) is 0 Å². The minimum Gasteiger partial charge on any atom is -0.310 e. The molecule has 1 aromatic carbocycles. The van der Waals surface area contributed by atoms with Crippen molar-refractivity contribution in [2.24, 2.45) is 0 Å². The molecule has 0 spiro atoms. The van der Waals surface area contributed by atoms with Crippen molar-refractivity contribution in [2.75, 3.05) is 6.54 Å². The second kappa shape index (κ2) is 3.46. The maximum Gasteiger partial charge on any atom is 0.123 e. The molecule has 0 radical (unpaired) electrons. The van der Waals surface area contributed by atoms with Crippen molar-refractivity contribution in [1.82, 2.24) is 5.32 Å². The molecule has 2 heteroatoms. The number of hydrogen-bond donors (Lipinski definition) is 1. The largest absolute Gasteiger partial charge is 0.310 e. The molecule has 1 heterocycles. The third-order valence-electron chi connectivity index (χ3n) is 2.68. The van der Waals surface area contributed by atoms with E-state index in [1.807, 2.05) is 6.07 Å². The van der Waals surface area contributed by atoms with Crippen LogP contribution in [0.4, 0.5) is 4.39 Å². The molecule has 1 nitrogen and oxygen atoms in total. The van der Waals surface area contributed by atoms with Gasteiger partial charge in [-0.3, -0.25) is 0 Å². The predicted molar refractivity (Wildman–Crippen MR) is 51.1 cm³/mol. The lowest BCUT2D eigenvalue weighted by Crippen LogP contribution is -2.29. The Morgan fingerprint density at radius 2 is 2.38 bits per heavy atom. The molecule has 1 N–H and O–H groups in total. The van der Waals surface area contributed by atoms with Crippen LogP contribution in [-0.4, -0.2) is 6.54 Å². The first kappa shape index (κ1) is 8.70. The summed E-state index contributed by atoms with van der Waals surface area (Å²) in [7, 11) is 0. The second-order valence-electron chi connectivity index (χ2n) is 3.51. The quantitative estimate of drug-likeness (QED) is 0.698. The number of benzene rings is 1. The lowest BCUT2D eigenvalue weighted by molar-refractivity contribution is 0.487. The fourth-order valence-electron chi connectivity index (χ4n) is 1.97. The van der Waals surface area contributed by atoms with Crippen molar-refractivity contribution in [2.45, 2.75) is 25.8 Å². The molecule has 0 amide bonds. The number of fused-ring (bicyclic) bond motifs is 1. The lowest BCUT2D eigenvalue weighted by atomic mass is 9.93. The molecule has 0 aliphatic carbocycles. The maximum atomic E-state index is 13.0. The van der Waals surface area contributed by atoms with Crippen LogP contribution in [0.5, 0.6) is 0 Å². The number of hydrogen-bond acceptors (Lipinski definition) is 1. The fraction of sp³-hybridized carbons (Fsp3) is 0.455. The number of halogens is 1. The van der Waals surface area contributed by atoms with E-state index in [9.17, 15) is 4.39 Å². The van der Waals surface area contributed by atoms with Gasteiger partial charge in [-0.05, 0) is 42.6 Å². The SMILES string of the molecule is CCC1NCCc2ccc(F)cc21. The van der Waals surface area contributed by atoms with Gasteiger partial charge in [-0.15, -0.1) is 0 Å². The predicted octanol–water partition coefficient (Wildman–Crippen LogP) is 2.42. The van der Waals surface area contributed by atoms with E-state index < -0.39 is 0 Å². The first-order chi connectivity index (χ1) is 6.31. The summed E-state index contributed by atoms with van der Waals surface area (Å²) in [6, 6.07) is 5.47. The summed E-state index contributed by atoms with van der Waals surface area (Å²) in [5.41, 5.74) is 2.45. The molecule has 0 aromatic heterocycles. The Hall–Kier alpha value is -0.890. The fourth-order valence-corrected chi connectivity index (χ4v) is 1.97. The molecule has 2 rings (SSSR count). The molecule has 0 saturated heterocycles. The van der Waals surface area contributed by atoms with Gasteiger partial charge in [0.05, 0.1) is 0 Å². The molecule has 0 bridgehead atoms. The molecule has 1 aliphatic heterocycles. The van der Waals surface area contributed by atoms with Crippen LogP contribution in [0.1, 0.15) is 30.5 Å². The summed E-state index contributed by atoms with van der Waals surface area (Å²) in [5, 5.41) is 3.39. The van der Waals surface area contributed by atoms with Crippen molar-refractivity contribution in [3.05, 3.63) is 35.1 Å². The van der Waals surface area contributed by atoms with E-state index in [0.717, 1.165) is 24.9 Å². The summed E-state index contributed by atoms with van der Waals surface area (Å²) < 4.78 is 13.0. The van der Waals surface area contributed by atoms with Gasteiger partial charge in [0.1, 0.15) is 5.82 Å². The molecular formula is C11H14FN. The molecule has 70 valence electrons. The van der Waals surface area contributed by atoms with Gasteiger partial charge >= 0.3 is 0 Å². The van der Waals surface area contributed by atoms with Gasteiger partial charge in [0.25, 0.3) is 0 Å². The Kier molecular flexibility index (Phi) is 2.32. The highest BCUT2D eigenvalue weighted by Crippen LogP contribution is 2.25. The summed E-state index contributed by atoms with van der Waals surface area (Å²) in [6.07, 6.45) is 2.04. The van der Waals surface area contributed by atoms with E-state index in [2.05, 4.69) is 12.2 Å². The molecule has 0 fully saturated rings. The van der Waals surface area contributed by atoms with Crippen molar-refractivity contribution >= 4 is 0 Å². The molecule has 1 atom stereocenters. The van der Waals surface area contributed by atoms with E-state index in [1.165, 1.54) is 5.56 Å². The minimum atomic E-state index is -0.124. The third-order valence-corrected chi connectivity index (χ3v) is 2.68. The second-order valence-corrected chi connectivity index (χ2v) is 3.51. The summed E-state index contributed by atoms with van der Waals surface area (Å²) >= 11 is 0. The van der Waals surface area contributed by atoms with Crippen LogP contribution >= 0.6 is 0 Å². The highest BCUT2D eigenvalue weighted by Gasteiger charge is 2.17. The first-order valence-corrected chi connectivity index (χ1v) is 4.83. The molecule has 1 aliphatic rings. The summed E-state index contributed by atoms with van der Waals surface area (Å²) in [6.45, 7) is 3.13. The zero-order chi connectivity index (χ0) is 9.26. The average molecular weight is 179 g/mol. The van der Waals surface area contributed by atoms with Crippen molar-refractivity contribution in [3.8, 4) is 0 Å². The van der Waals surface area contributed by atoms with Gasteiger partial charge < -0.3 is 5.32 Å². The first-order valence-electron chi connectivity index (χ1n) is 4.83. The molecule has 1 unspecified atom stereocenters. The summed E-state index contributed by atoms with van der Waals surface area (Å²) in [4.78, 5) is 0. The van der Waals surface area contributed by atoms with E-state index in [1.54, 1.807) is 12.1 Å². The zero-order valence-electron chi connectivity index (χ0n) is 7.81. The van der Waals surface area contributed by atoms with Gasteiger partial charge in [-0.25, -0.2) is 4.39 Å². The maximum absolute atomic E-state index is 13.0. The number of rotatable bonds is 1. The Morgan fingerprint density at radius 1 is 1.54 bits per heavy atom. The smallest absolute Gasteiger partial charge is 0.123 e. The van der Waals surface area contributed by atoms with E-state index in [4.69, 9.17) is 0 Å². The lowest BCUT2D eigenvalue weighted by Gasteiger charge is -2.25. The standard InChI is InChI=1S/C11H14FN/c1-2-11-10-7-9(12)4-3-8(10)5-6-13-11/h3-4,7,11,13H,2,5-6H2,1H3. The third kappa shape index (κ3) is 1.59. The van der Waals surface area contributed by atoms with E-state index in [-0.39, 0.29) is 5.82 Å². The van der Waals surface area contributed by atoms with Crippen LogP contribution in [0.25, 0.3) is 0 Å². The molecule has 1 aromatic rings. The molecule has 0 saturated carbocycles. The van der Waals surface area contributed by atoms with Gasteiger partial charge in [0, 0.05) is 6.04 Å². The molecule has 13 heavy (non-hydrogen) atoms. The Bertz CT molecular complexity index is 309. The minimum absolute atomic E-state index is 0.124. The van der Waals surface area contributed by atoms with Crippen molar-refractivity contribution < 1.29 is 4.39 Å². The van der Waals surface area contributed by atoms with Crippen LogP contribution in [0.2, 0.25) is 0 Å². The molecular weight excluding hydrogens is 165 g/mol. The highest BCUT2D eigenvalue weighted by atomic mass is 19.1. The average Bonchev–Trinajstić information content (AvgIpc) is 2.17. The Morgan fingerprint density at radius 3 is 3.15 bits per heavy atom. The number of nitrogens with one attached hydrogen (secondary N) is 1. The van der Waals surface area contributed by atoms with Gasteiger partial charge in [0.2, 0.25) is 0 Å². The van der Waals surface area contributed by atoms with Crippen LogP contribution < -0.4 is 5.32 Å². The zero-order valence-corrected chi connectivity index (χ0v) is 7.81. The summed E-state index contributed by atoms with van der Waals surface area (Å²) in [5.74, 6) is -0.124. The van der Waals surface area contributed by atoms with E-state index in [0.29, 0.717) is 6.04 Å². The Labute approximate surface area is 78.0 Å². The topological polar surface area (TPSA) is 12.0 Å². The van der Waals surface area contributed by atoms with E-state index >= 15 is 0 Å². The highest BCUT2D eigenvalue weighted by molar-refractivity contribution is 5.32.